The molecular formula is C33H37N3O6S. The number of carbonyl (C=O) groups is 1. The average Bonchev–Trinajstić information content (AvgIpc) is 3.05. The van der Waals surface area contributed by atoms with Gasteiger partial charge in [0.25, 0.3) is 5.91 Å². The molecule has 0 radical (unpaired) electrons. The first-order chi connectivity index (χ1) is 20.9. The Morgan fingerprint density at radius 1 is 0.977 bits per heavy atom. The summed E-state index contributed by atoms with van der Waals surface area (Å²) in [6.07, 6.45) is 6.46. The van der Waals surface area contributed by atoms with E-state index < -0.39 is 22.0 Å². The molecule has 4 aromatic rings. The van der Waals surface area contributed by atoms with E-state index >= 15 is 0 Å². The van der Waals surface area contributed by atoms with Crippen LogP contribution in [0.2, 0.25) is 0 Å². The molecule has 1 atom stereocenters. The SMILES string of the molecule is COc1ccc(S(=O)(=O)N(Cc2ccncc2)C(C(=O)NO)C2CCC(OCCc3cccc4ccccc34)CC2)cc1. The minimum absolute atomic E-state index is 0.0101. The smallest absolute Gasteiger partial charge is 0.262 e. The largest absolute Gasteiger partial charge is 0.497 e. The van der Waals surface area contributed by atoms with Gasteiger partial charge in [0.2, 0.25) is 10.0 Å². The number of amides is 1. The maximum Gasteiger partial charge on any atom is 0.262 e. The quantitative estimate of drug-likeness (QED) is 0.170. The second kappa shape index (κ2) is 14.1. The van der Waals surface area contributed by atoms with E-state index in [-0.39, 0.29) is 23.5 Å². The molecule has 1 fully saturated rings. The van der Waals surface area contributed by atoms with Gasteiger partial charge in [0, 0.05) is 18.9 Å². The molecule has 1 amide bonds. The van der Waals surface area contributed by atoms with Gasteiger partial charge in [-0.25, -0.2) is 13.9 Å². The summed E-state index contributed by atoms with van der Waals surface area (Å²) >= 11 is 0. The van der Waals surface area contributed by atoms with E-state index in [1.54, 1.807) is 42.1 Å². The average molecular weight is 604 g/mol. The van der Waals surface area contributed by atoms with Crippen molar-refractivity contribution in [1.82, 2.24) is 14.8 Å². The molecule has 2 N–H and O–H groups in total. The number of pyridine rings is 1. The molecule has 1 aliphatic carbocycles. The third kappa shape index (κ3) is 7.22. The Morgan fingerprint density at radius 3 is 2.37 bits per heavy atom. The number of methoxy groups -OCH3 is 1. The lowest BCUT2D eigenvalue weighted by Gasteiger charge is -2.38. The molecule has 1 aliphatic rings. The van der Waals surface area contributed by atoms with Gasteiger partial charge in [-0.05, 0) is 96.3 Å². The summed E-state index contributed by atoms with van der Waals surface area (Å²) in [6, 6.07) is 23.0. The van der Waals surface area contributed by atoms with Crippen LogP contribution in [0.4, 0.5) is 0 Å². The van der Waals surface area contributed by atoms with E-state index in [0.29, 0.717) is 43.6 Å². The van der Waals surface area contributed by atoms with Crippen molar-refractivity contribution >= 4 is 26.7 Å². The summed E-state index contributed by atoms with van der Waals surface area (Å²) in [7, 11) is -2.65. The van der Waals surface area contributed by atoms with Crippen LogP contribution in [0.25, 0.3) is 10.8 Å². The minimum Gasteiger partial charge on any atom is -0.497 e. The number of carbonyl (C=O) groups excluding carboxylic acids is 1. The number of benzene rings is 3. The molecule has 10 heteroatoms. The molecule has 1 aromatic heterocycles. The summed E-state index contributed by atoms with van der Waals surface area (Å²) < 4.78 is 40.8. The molecule has 0 bridgehead atoms. The van der Waals surface area contributed by atoms with Crippen LogP contribution in [0.3, 0.4) is 0 Å². The summed E-state index contributed by atoms with van der Waals surface area (Å²) in [5, 5.41) is 12.2. The molecule has 0 saturated heterocycles. The van der Waals surface area contributed by atoms with Gasteiger partial charge in [-0.1, -0.05) is 42.5 Å². The number of sulfonamides is 1. The number of ether oxygens (including phenoxy) is 2. The number of fused-ring (bicyclic) bond motifs is 1. The number of hydrogen-bond donors (Lipinski definition) is 2. The first kappa shape index (κ1) is 30.6. The normalized spacial score (nSPS) is 17.9. The van der Waals surface area contributed by atoms with Crippen LogP contribution in [0, 0.1) is 5.92 Å². The fourth-order valence-corrected chi connectivity index (χ4v) is 7.58. The highest BCUT2D eigenvalue weighted by Gasteiger charge is 2.42. The standard InChI is InChI=1S/C33H37N3O6S/c1-41-28-13-15-30(16-14-28)43(39,40)36(23-24-17-20-34-21-18-24)32(33(37)35-38)27-9-11-29(12-10-27)42-22-19-26-7-4-6-25-5-2-3-8-31(25)26/h2-8,13-18,20-21,27,29,32,38H,9-12,19,22-23H2,1H3,(H,35,37). The Balaban J connectivity index is 1.31. The number of aromatic nitrogens is 1. The van der Waals surface area contributed by atoms with Gasteiger partial charge in [-0.15, -0.1) is 0 Å². The second-order valence-corrected chi connectivity index (χ2v) is 12.7. The van der Waals surface area contributed by atoms with Crippen LogP contribution in [-0.2, 0) is 32.5 Å². The van der Waals surface area contributed by atoms with Crippen molar-refractivity contribution in [2.45, 2.75) is 55.7 Å². The number of hydrogen-bond acceptors (Lipinski definition) is 7. The molecule has 9 nitrogen and oxygen atoms in total. The maximum absolute atomic E-state index is 14.1. The van der Waals surface area contributed by atoms with Crippen molar-refractivity contribution in [2.75, 3.05) is 13.7 Å². The lowest BCUT2D eigenvalue weighted by atomic mass is 9.82. The number of hydroxylamine groups is 1. The summed E-state index contributed by atoms with van der Waals surface area (Å²) in [4.78, 5) is 17.3. The predicted octanol–water partition coefficient (Wildman–Crippen LogP) is 5.13. The molecule has 1 unspecified atom stereocenters. The van der Waals surface area contributed by atoms with Gasteiger partial charge in [0.15, 0.2) is 0 Å². The fraction of sp³-hybridized carbons (Fsp3) is 0.333. The Morgan fingerprint density at radius 2 is 1.67 bits per heavy atom. The van der Waals surface area contributed by atoms with Gasteiger partial charge in [-0.2, -0.15) is 4.31 Å². The van der Waals surface area contributed by atoms with Crippen molar-refractivity contribution in [1.29, 1.82) is 0 Å². The van der Waals surface area contributed by atoms with Crippen LogP contribution in [0.5, 0.6) is 5.75 Å². The molecule has 1 saturated carbocycles. The maximum atomic E-state index is 14.1. The van der Waals surface area contributed by atoms with Gasteiger partial charge < -0.3 is 9.47 Å². The van der Waals surface area contributed by atoms with Gasteiger partial charge in [0.1, 0.15) is 11.8 Å². The molecule has 43 heavy (non-hydrogen) atoms. The van der Waals surface area contributed by atoms with Crippen molar-refractivity contribution in [3.63, 3.8) is 0 Å². The van der Waals surface area contributed by atoms with E-state index in [4.69, 9.17) is 9.47 Å². The number of nitrogens with zero attached hydrogens (tertiary/aromatic N) is 2. The van der Waals surface area contributed by atoms with Crippen molar-refractivity contribution in [2.24, 2.45) is 5.92 Å². The minimum atomic E-state index is -4.15. The Bertz CT molecular complexity index is 1600. The highest BCUT2D eigenvalue weighted by atomic mass is 32.2. The highest BCUT2D eigenvalue weighted by Crippen LogP contribution is 2.35. The molecule has 5 rings (SSSR count). The van der Waals surface area contributed by atoms with Crippen molar-refractivity contribution in [3.05, 3.63) is 102 Å². The summed E-state index contributed by atoms with van der Waals surface area (Å²) in [6.45, 7) is 0.514. The third-order valence-electron chi connectivity index (χ3n) is 8.21. The fourth-order valence-electron chi connectivity index (χ4n) is 5.95. The van der Waals surface area contributed by atoms with Crippen LogP contribution in [0.1, 0.15) is 36.8 Å². The van der Waals surface area contributed by atoms with Crippen LogP contribution >= 0.6 is 0 Å². The lowest BCUT2D eigenvalue weighted by Crippen LogP contribution is -2.53. The predicted molar refractivity (Wildman–Crippen MR) is 163 cm³/mol. The first-order valence-corrected chi connectivity index (χ1v) is 15.9. The number of nitrogens with one attached hydrogen (secondary N) is 1. The van der Waals surface area contributed by atoms with Crippen LogP contribution in [0.15, 0.2) is 96.2 Å². The zero-order valence-corrected chi connectivity index (χ0v) is 24.9. The van der Waals surface area contributed by atoms with E-state index in [2.05, 4.69) is 35.3 Å². The molecule has 226 valence electrons. The zero-order valence-electron chi connectivity index (χ0n) is 24.1. The summed E-state index contributed by atoms with van der Waals surface area (Å²) in [5.41, 5.74) is 3.65. The molecule has 0 aliphatic heterocycles. The first-order valence-electron chi connectivity index (χ1n) is 14.5. The van der Waals surface area contributed by atoms with Crippen LogP contribution < -0.4 is 10.2 Å². The molecular weight excluding hydrogens is 566 g/mol. The van der Waals surface area contributed by atoms with Crippen LogP contribution in [-0.4, -0.2) is 54.7 Å². The van der Waals surface area contributed by atoms with Crippen molar-refractivity contribution in [3.8, 4) is 5.75 Å². The van der Waals surface area contributed by atoms with E-state index in [1.807, 2.05) is 12.1 Å². The van der Waals surface area contributed by atoms with Crippen molar-refractivity contribution < 1.29 is 27.9 Å². The highest BCUT2D eigenvalue weighted by molar-refractivity contribution is 7.89. The Hall–Kier alpha value is -3.83. The van der Waals surface area contributed by atoms with Gasteiger partial charge in [-0.3, -0.25) is 15.0 Å². The zero-order chi connectivity index (χ0) is 30.2. The number of rotatable bonds is 12. The van der Waals surface area contributed by atoms with Gasteiger partial charge >= 0.3 is 0 Å². The molecule has 3 aromatic carbocycles. The lowest BCUT2D eigenvalue weighted by molar-refractivity contribution is -0.136. The Kier molecular flexibility index (Phi) is 10.0. The molecule has 0 spiro atoms. The third-order valence-corrected chi connectivity index (χ3v) is 10.1. The van der Waals surface area contributed by atoms with E-state index in [0.717, 1.165) is 6.42 Å². The van der Waals surface area contributed by atoms with Gasteiger partial charge in [0.05, 0.1) is 24.7 Å². The summed E-state index contributed by atoms with van der Waals surface area (Å²) in [5.74, 6) is -0.561. The second-order valence-electron chi connectivity index (χ2n) is 10.8. The Labute approximate surface area is 252 Å². The molecule has 1 heterocycles. The van der Waals surface area contributed by atoms with E-state index in [9.17, 15) is 18.4 Å². The van der Waals surface area contributed by atoms with E-state index in [1.165, 1.54) is 39.9 Å². The topological polar surface area (TPSA) is 118 Å². The monoisotopic (exact) mass is 603 g/mol.